The Morgan fingerprint density at radius 2 is 1.77 bits per heavy atom. The third-order valence-electron chi connectivity index (χ3n) is 3.29. The van der Waals surface area contributed by atoms with Gasteiger partial charge >= 0.3 is 0 Å². The van der Waals surface area contributed by atoms with Crippen LogP contribution in [0.3, 0.4) is 0 Å². The molecule has 0 bridgehead atoms. The third-order valence-corrected chi connectivity index (χ3v) is 4.16. The summed E-state index contributed by atoms with van der Waals surface area (Å²) in [6.45, 7) is 2.07. The van der Waals surface area contributed by atoms with Crippen LogP contribution in [0.5, 0.6) is 5.75 Å². The number of nitrogens with zero attached hydrogens (tertiary/aromatic N) is 2. The minimum atomic E-state index is 0.752. The van der Waals surface area contributed by atoms with Gasteiger partial charge in [0.05, 0.1) is 12.8 Å². The number of aromatic nitrogens is 1. The monoisotopic (exact) mass is 308 g/mol. The molecule has 0 aliphatic carbocycles. The van der Waals surface area contributed by atoms with Gasteiger partial charge in [0.25, 0.3) is 0 Å². The van der Waals surface area contributed by atoms with E-state index in [4.69, 9.17) is 4.74 Å². The molecule has 0 fully saturated rings. The van der Waals surface area contributed by atoms with Crippen LogP contribution in [0.4, 0.5) is 5.13 Å². The first-order chi connectivity index (χ1) is 10.8. The molecule has 3 aromatic rings. The van der Waals surface area contributed by atoms with Crippen molar-refractivity contribution in [2.45, 2.75) is 6.92 Å². The second kappa shape index (κ2) is 6.54. The quantitative estimate of drug-likeness (QED) is 0.644. The van der Waals surface area contributed by atoms with Crippen LogP contribution in [-0.4, -0.2) is 18.3 Å². The SMILES string of the molecule is COc1ccccc1C=Nc1nc(-c2ccccc2)c(C)s1. The predicted octanol–water partition coefficient (Wildman–Crippen LogP) is 4.88. The Balaban J connectivity index is 1.89. The van der Waals surface area contributed by atoms with Crippen LogP contribution >= 0.6 is 11.3 Å². The first-order valence-electron chi connectivity index (χ1n) is 6.98. The Morgan fingerprint density at radius 1 is 1.05 bits per heavy atom. The summed E-state index contributed by atoms with van der Waals surface area (Å²) in [5.41, 5.74) is 3.06. The summed E-state index contributed by atoms with van der Waals surface area (Å²) in [6.07, 6.45) is 1.80. The zero-order chi connectivity index (χ0) is 15.4. The average molecular weight is 308 g/mol. The van der Waals surface area contributed by atoms with Crippen molar-refractivity contribution < 1.29 is 4.74 Å². The van der Waals surface area contributed by atoms with Gasteiger partial charge in [0.15, 0.2) is 0 Å². The van der Waals surface area contributed by atoms with E-state index in [9.17, 15) is 0 Å². The highest BCUT2D eigenvalue weighted by Gasteiger charge is 2.08. The highest BCUT2D eigenvalue weighted by molar-refractivity contribution is 7.15. The van der Waals surface area contributed by atoms with Gasteiger partial charge in [-0.1, -0.05) is 53.8 Å². The topological polar surface area (TPSA) is 34.5 Å². The van der Waals surface area contributed by atoms with Crippen molar-refractivity contribution in [3.05, 3.63) is 65.0 Å². The molecule has 3 nitrogen and oxygen atoms in total. The maximum Gasteiger partial charge on any atom is 0.209 e. The molecule has 4 heteroatoms. The Hall–Kier alpha value is -2.46. The molecule has 0 radical (unpaired) electrons. The van der Waals surface area contributed by atoms with Crippen molar-refractivity contribution in [3.63, 3.8) is 0 Å². The van der Waals surface area contributed by atoms with E-state index in [0.29, 0.717) is 0 Å². The van der Waals surface area contributed by atoms with Gasteiger partial charge in [-0.2, -0.15) is 0 Å². The van der Waals surface area contributed by atoms with E-state index in [1.165, 1.54) is 4.88 Å². The van der Waals surface area contributed by atoms with Crippen LogP contribution in [0.1, 0.15) is 10.4 Å². The summed E-state index contributed by atoms with van der Waals surface area (Å²) in [5.74, 6) is 0.808. The maximum atomic E-state index is 5.32. The molecule has 0 aliphatic rings. The van der Waals surface area contributed by atoms with E-state index >= 15 is 0 Å². The van der Waals surface area contributed by atoms with Gasteiger partial charge in [0.1, 0.15) is 5.75 Å². The fraction of sp³-hybridized carbons (Fsp3) is 0.111. The lowest BCUT2D eigenvalue weighted by Crippen LogP contribution is -1.89. The van der Waals surface area contributed by atoms with Crippen LogP contribution in [-0.2, 0) is 0 Å². The minimum absolute atomic E-state index is 0.752. The smallest absolute Gasteiger partial charge is 0.209 e. The lowest BCUT2D eigenvalue weighted by Gasteiger charge is -2.02. The largest absolute Gasteiger partial charge is 0.496 e. The summed E-state index contributed by atoms with van der Waals surface area (Å²) < 4.78 is 5.32. The predicted molar refractivity (Wildman–Crippen MR) is 92.5 cm³/mol. The first-order valence-corrected chi connectivity index (χ1v) is 7.79. The number of thiazole rings is 1. The maximum absolute atomic E-state index is 5.32. The van der Waals surface area contributed by atoms with Crippen molar-refractivity contribution in [1.82, 2.24) is 4.98 Å². The molecule has 22 heavy (non-hydrogen) atoms. The Morgan fingerprint density at radius 3 is 2.55 bits per heavy atom. The molecular formula is C18H16N2OS. The second-order valence-corrected chi connectivity index (χ2v) is 5.95. The number of aryl methyl sites for hydroxylation is 1. The number of aliphatic imine (C=N–C) groups is 1. The summed E-state index contributed by atoms with van der Waals surface area (Å²) in [4.78, 5) is 10.3. The van der Waals surface area contributed by atoms with Gasteiger partial charge in [-0.3, -0.25) is 0 Å². The van der Waals surface area contributed by atoms with Crippen molar-refractivity contribution in [3.8, 4) is 17.0 Å². The number of rotatable bonds is 4. The fourth-order valence-electron chi connectivity index (χ4n) is 2.20. The molecular weight excluding hydrogens is 292 g/mol. The summed E-state index contributed by atoms with van der Waals surface area (Å²) in [6, 6.07) is 18.0. The van der Waals surface area contributed by atoms with Crippen LogP contribution in [0.2, 0.25) is 0 Å². The Labute approximate surface area is 134 Å². The molecule has 1 aromatic heterocycles. The number of ether oxygens (including phenoxy) is 1. The Kier molecular flexibility index (Phi) is 4.30. The van der Waals surface area contributed by atoms with E-state index in [0.717, 1.165) is 27.7 Å². The molecule has 0 unspecified atom stereocenters. The average Bonchev–Trinajstić information content (AvgIpc) is 2.95. The standard InChI is InChI=1S/C18H16N2OS/c1-13-17(14-8-4-3-5-9-14)20-18(22-13)19-12-15-10-6-7-11-16(15)21-2/h3-12H,1-2H3. The zero-order valence-electron chi connectivity index (χ0n) is 12.5. The molecule has 110 valence electrons. The van der Waals surface area contributed by atoms with Gasteiger partial charge in [-0.05, 0) is 19.1 Å². The van der Waals surface area contributed by atoms with Gasteiger partial charge in [-0.25, -0.2) is 9.98 Å². The fourth-order valence-corrected chi connectivity index (χ4v) is 2.98. The number of hydrogen-bond acceptors (Lipinski definition) is 4. The van der Waals surface area contributed by atoms with E-state index in [-0.39, 0.29) is 0 Å². The molecule has 0 amide bonds. The molecule has 0 N–H and O–H groups in total. The molecule has 1 heterocycles. The molecule has 0 spiro atoms. The van der Waals surface area contributed by atoms with Gasteiger partial charge in [0.2, 0.25) is 5.13 Å². The highest BCUT2D eigenvalue weighted by atomic mass is 32.1. The minimum Gasteiger partial charge on any atom is -0.496 e. The zero-order valence-corrected chi connectivity index (χ0v) is 13.3. The van der Waals surface area contributed by atoms with E-state index in [1.807, 2.05) is 42.5 Å². The normalized spacial score (nSPS) is 11.0. The van der Waals surface area contributed by atoms with Crippen LogP contribution in [0, 0.1) is 6.92 Å². The van der Waals surface area contributed by atoms with Gasteiger partial charge < -0.3 is 4.74 Å². The molecule has 0 aliphatic heterocycles. The molecule has 0 saturated carbocycles. The van der Waals surface area contributed by atoms with Crippen LogP contribution in [0.15, 0.2) is 59.6 Å². The molecule has 2 aromatic carbocycles. The number of para-hydroxylation sites is 1. The van der Waals surface area contributed by atoms with Crippen molar-refractivity contribution in [2.75, 3.05) is 7.11 Å². The number of methoxy groups -OCH3 is 1. The summed E-state index contributed by atoms with van der Waals surface area (Å²) >= 11 is 1.59. The van der Waals surface area contributed by atoms with Crippen LogP contribution in [0.25, 0.3) is 11.3 Å². The van der Waals surface area contributed by atoms with Crippen LogP contribution < -0.4 is 4.74 Å². The number of benzene rings is 2. The van der Waals surface area contributed by atoms with E-state index < -0.39 is 0 Å². The van der Waals surface area contributed by atoms with Crippen molar-refractivity contribution in [2.24, 2.45) is 4.99 Å². The Bertz CT molecular complexity index is 794. The van der Waals surface area contributed by atoms with E-state index in [1.54, 1.807) is 24.7 Å². The summed E-state index contributed by atoms with van der Waals surface area (Å²) in [5, 5.41) is 0.752. The van der Waals surface area contributed by atoms with E-state index in [2.05, 4.69) is 29.0 Å². The molecule has 0 atom stereocenters. The highest BCUT2D eigenvalue weighted by Crippen LogP contribution is 2.31. The number of hydrogen-bond donors (Lipinski definition) is 0. The third kappa shape index (κ3) is 3.07. The first kappa shape index (κ1) is 14.5. The van der Waals surface area contributed by atoms with Crippen molar-refractivity contribution >= 4 is 22.7 Å². The van der Waals surface area contributed by atoms with Gasteiger partial charge in [-0.15, -0.1) is 0 Å². The summed E-state index contributed by atoms with van der Waals surface area (Å²) in [7, 11) is 1.66. The van der Waals surface area contributed by atoms with Crippen molar-refractivity contribution in [1.29, 1.82) is 0 Å². The lowest BCUT2D eigenvalue weighted by molar-refractivity contribution is 0.414. The van der Waals surface area contributed by atoms with Gasteiger partial charge in [0, 0.05) is 22.2 Å². The lowest BCUT2D eigenvalue weighted by atomic mass is 10.1. The molecule has 0 saturated heterocycles. The second-order valence-electron chi connectivity index (χ2n) is 4.77. The molecule has 3 rings (SSSR count).